The van der Waals surface area contributed by atoms with Crippen molar-refractivity contribution in [2.45, 2.75) is 49.1 Å². The number of aliphatic hydroxyl groups excluding tert-OH is 2. The van der Waals surface area contributed by atoms with Gasteiger partial charge in [0.1, 0.15) is 54.1 Å². The molecule has 0 radical (unpaired) electrons. The van der Waals surface area contributed by atoms with Gasteiger partial charge in [-0.05, 0) is 0 Å². The first kappa shape index (κ1) is 31.2. The van der Waals surface area contributed by atoms with Crippen LogP contribution in [0.3, 0.4) is 0 Å². The highest BCUT2D eigenvalue weighted by Crippen LogP contribution is 2.56. The highest BCUT2D eigenvalue weighted by atomic mass is 31.2. The van der Waals surface area contributed by atoms with Crippen LogP contribution >= 0.6 is 15.6 Å². The molecule has 46 heavy (non-hydrogen) atoms. The number of anilines is 2. The predicted molar refractivity (Wildman–Crippen MR) is 148 cm³/mol. The maximum Gasteiger partial charge on any atom is 0.475 e. The topological polar surface area (TPSA) is 319 Å². The Morgan fingerprint density at radius 2 is 1.65 bits per heavy atom. The summed E-state index contributed by atoms with van der Waals surface area (Å²) in [6, 6.07) is 0. The van der Waals surface area contributed by atoms with Gasteiger partial charge in [0.15, 0.2) is 29.4 Å². The molecule has 3 saturated heterocycles. The highest BCUT2D eigenvalue weighted by Gasteiger charge is 2.54. The van der Waals surface area contributed by atoms with E-state index in [1.54, 1.807) is 0 Å². The average Bonchev–Trinajstić information content (AvgIpc) is 3.77. The summed E-state index contributed by atoms with van der Waals surface area (Å²) in [5, 5.41) is 22.4. The van der Waals surface area contributed by atoms with Crippen molar-refractivity contribution in [2.24, 2.45) is 0 Å². The van der Waals surface area contributed by atoms with E-state index in [0.717, 1.165) is 13.4 Å². The van der Waals surface area contributed by atoms with Crippen molar-refractivity contribution >= 4 is 49.7 Å². The number of nitrogen functional groups attached to an aromatic ring is 2. The van der Waals surface area contributed by atoms with Gasteiger partial charge in [-0.2, -0.15) is 4.98 Å². The van der Waals surface area contributed by atoms with Crippen LogP contribution in [0.15, 0.2) is 23.8 Å². The van der Waals surface area contributed by atoms with Gasteiger partial charge in [0.05, 0.1) is 25.9 Å². The van der Waals surface area contributed by atoms with Crippen molar-refractivity contribution < 1.29 is 56.3 Å². The number of ether oxygens (including phenoxy) is 2. The Balaban J connectivity index is 1.22. The maximum atomic E-state index is 13.8. The van der Waals surface area contributed by atoms with Crippen LogP contribution in [0, 0.1) is 0 Å². The molecule has 0 aliphatic carbocycles. The standard InChI is InChI=1S/C21H26N10O13P2/c1-38-46(37)40-3-8-13(12(33)19(42-8)30-5-26-9-15(22)24-4-25-16(9)30)43-45(35,36)39-2-7-11(32)14(44-46)20(41-7)31-6-27-10-17(31)28-21(23)29-18(10)34/h4-8,11-14,19-20,32-33H,2-3H2,1H3,(H,35,36)(H2,22,24,25)(H3,23,28,29,34). The summed E-state index contributed by atoms with van der Waals surface area (Å²) in [6.07, 6.45) is -8.49. The van der Waals surface area contributed by atoms with E-state index in [1.165, 1.54) is 21.8 Å². The van der Waals surface area contributed by atoms with Crippen molar-refractivity contribution in [2.75, 3.05) is 31.8 Å². The zero-order chi connectivity index (χ0) is 32.5. The molecule has 7 rings (SSSR count). The van der Waals surface area contributed by atoms with Crippen molar-refractivity contribution in [1.29, 1.82) is 0 Å². The number of aromatic nitrogens is 8. The zero-order valence-corrected chi connectivity index (χ0v) is 25.2. The number of nitrogens with zero attached hydrogens (tertiary/aromatic N) is 7. The monoisotopic (exact) mass is 688 g/mol. The van der Waals surface area contributed by atoms with Crippen molar-refractivity contribution in [1.82, 2.24) is 39.0 Å². The Morgan fingerprint density at radius 3 is 2.43 bits per heavy atom. The Morgan fingerprint density at radius 1 is 0.935 bits per heavy atom. The Labute approximate surface area is 255 Å². The van der Waals surface area contributed by atoms with E-state index < -0.39 is 83.5 Å². The molecule has 8 N–H and O–H groups in total. The molecule has 23 nitrogen and oxygen atoms in total. The molecule has 0 aromatic carbocycles. The summed E-state index contributed by atoms with van der Waals surface area (Å²) >= 11 is 0. The van der Waals surface area contributed by atoms with Gasteiger partial charge >= 0.3 is 21.2 Å². The van der Waals surface area contributed by atoms with Crippen LogP contribution in [-0.4, -0.2) is 111 Å². The summed E-state index contributed by atoms with van der Waals surface area (Å²) in [5.41, 5.74) is 11.0. The molecule has 10 unspecified atom stereocenters. The molecule has 4 aromatic rings. The zero-order valence-electron chi connectivity index (χ0n) is 23.4. The lowest BCUT2D eigenvalue weighted by Crippen LogP contribution is -2.36. The van der Waals surface area contributed by atoms with E-state index in [0.29, 0.717) is 0 Å². The Hall–Kier alpha value is -3.44. The summed E-state index contributed by atoms with van der Waals surface area (Å²) in [6.45, 7) is -1.47. The number of aromatic amines is 1. The quantitative estimate of drug-likeness (QED) is 0.131. The number of phosphoric acid groups is 2. The number of H-pyrrole nitrogens is 1. The molecule has 248 valence electrons. The van der Waals surface area contributed by atoms with Gasteiger partial charge in [0.25, 0.3) is 0 Å². The second-order valence-electron chi connectivity index (χ2n) is 10.3. The average molecular weight is 688 g/mol. The highest BCUT2D eigenvalue weighted by molar-refractivity contribution is 7.48. The number of nitrogens with one attached hydrogen (secondary N) is 1. The third kappa shape index (κ3) is 5.29. The van der Waals surface area contributed by atoms with Gasteiger partial charge < -0.3 is 41.0 Å². The molecule has 0 spiro atoms. The third-order valence-electron chi connectivity index (χ3n) is 7.55. The van der Waals surface area contributed by atoms with Gasteiger partial charge in [-0.15, -0.1) is 0 Å². The van der Waals surface area contributed by atoms with Gasteiger partial charge in [0, 0.05) is 7.11 Å². The molecule has 4 aromatic heterocycles. The van der Waals surface area contributed by atoms with Crippen molar-refractivity contribution in [3.63, 3.8) is 0 Å². The van der Waals surface area contributed by atoms with Crippen LogP contribution in [0.4, 0.5) is 11.8 Å². The predicted octanol–water partition coefficient (Wildman–Crippen LogP) is -1.69. The van der Waals surface area contributed by atoms with Crippen LogP contribution in [0.25, 0.3) is 22.3 Å². The lowest BCUT2D eigenvalue weighted by molar-refractivity contribution is -0.0683. The number of rotatable bonds is 3. The minimum atomic E-state index is -5.04. The lowest BCUT2D eigenvalue weighted by Gasteiger charge is -2.27. The minimum Gasteiger partial charge on any atom is -0.387 e. The van der Waals surface area contributed by atoms with Gasteiger partial charge in [0.2, 0.25) is 5.95 Å². The van der Waals surface area contributed by atoms with E-state index in [2.05, 4.69) is 29.9 Å². The number of imidazole rings is 2. The fourth-order valence-electron chi connectivity index (χ4n) is 5.40. The summed E-state index contributed by atoms with van der Waals surface area (Å²) < 4.78 is 68.0. The first-order chi connectivity index (χ1) is 21.9. The molecular weight excluding hydrogens is 662 g/mol. The molecule has 10 atom stereocenters. The molecular formula is C21H26N10O13P2. The molecule has 3 aliphatic rings. The SMILES string of the molecule is COP1(=O)OCC2OC(n3cnc4c(N)ncnc43)C(O)C2OP(=O)(O)OCC2OC(n3cnc4c(=O)nc(N)[nH]c43)C(O1)C2O. The fraction of sp³-hybridized carbons (Fsp3) is 0.524. The number of phosphoric ester groups is 2. The second kappa shape index (κ2) is 11.4. The number of hydrogen-bond donors (Lipinski definition) is 6. The van der Waals surface area contributed by atoms with Gasteiger partial charge in [-0.1, -0.05) is 0 Å². The summed E-state index contributed by atoms with van der Waals surface area (Å²) in [4.78, 5) is 45.3. The Kier molecular flexibility index (Phi) is 7.70. The molecule has 25 heteroatoms. The smallest absolute Gasteiger partial charge is 0.387 e. The maximum absolute atomic E-state index is 13.8. The van der Waals surface area contributed by atoms with Crippen LogP contribution in [0.2, 0.25) is 0 Å². The summed E-state index contributed by atoms with van der Waals surface area (Å²) in [5.74, 6) is -0.204. The van der Waals surface area contributed by atoms with Crippen molar-refractivity contribution in [3.8, 4) is 0 Å². The Bertz CT molecular complexity index is 1950. The van der Waals surface area contributed by atoms with Gasteiger partial charge in [-0.25, -0.2) is 29.1 Å². The first-order valence-electron chi connectivity index (χ1n) is 13.3. The number of aliphatic hydroxyl groups is 2. The van der Waals surface area contributed by atoms with Crippen LogP contribution in [0.5, 0.6) is 0 Å². The summed E-state index contributed by atoms with van der Waals surface area (Å²) in [7, 11) is -8.64. The molecule has 3 aliphatic heterocycles. The fourth-order valence-corrected chi connectivity index (χ4v) is 7.47. The first-order valence-corrected chi connectivity index (χ1v) is 16.3. The third-order valence-corrected chi connectivity index (χ3v) is 9.95. The van der Waals surface area contributed by atoms with E-state index in [-0.39, 0.29) is 34.1 Å². The molecule has 0 saturated carbocycles. The largest absolute Gasteiger partial charge is 0.475 e. The molecule has 3 fully saturated rings. The number of nitrogens with two attached hydrogens (primary N) is 2. The van der Waals surface area contributed by atoms with Crippen LogP contribution in [-0.2, 0) is 41.2 Å². The lowest BCUT2D eigenvalue weighted by atomic mass is 10.1. The van der Waals surface area contributed by atoms with Crippen LogP contribution < -0.4 is 17.0 Å². The number of fused-ring (bicyclic) bond motifs is 5. The van der Waals surface area contributed by atoms with Crippen molar-refractivity contribution in [3.05, 3.63) is 29.3 Å². The van der Waals surface area contributed by atoms with E-state index >= 15 is 0 Å². The van der Waals surface area contributed by atoms with Crippen LogP contribution in [0.1, 0.15) is 12.5 Å². The number of hydrogen-bond acceptors (Lipinski definition) is 19. The normalized spacial score (nSPS) is 37.1. The molecule has 2 bridgehead atoms. The molecule has 7 heterocycles. The molecule has 0 amide bonds. The minimum absolute atomic E-state index is 0.0107. The van der Waals surface area contributed by atoms with E-state index in [9.17, 15) is 29.0 Å². The second-order valence-corrected chi connectivity index (χ2v) is 13.4. The van der Waals surface area contributed by atoms with Gasteiger partial charge in [-0.3, -0.25) is 36.5 Å². The van der Waals surface area contributed by atoms with E-state index in [4.69, 9.17) is 43.6 Å². The van der Waals surface area contributed by atoms with E-state index in [1.807, 2.05) is 0 Å².